The summed E-state index contributed by atoms with van der Waals surface area (Å²) in [6.45, 7) is 7.40. The highest BCUT2D eigenvalue weighted by molar-refractivity contribution is 6.00. The topological polar surface area (TPSA) is 117 Å². The van der Waals surface area contributed by atoms with Gasteiger partial charge in [-0.3, -0.25) is 14.3 Å². The minimum Gasteiger partial charge on any atom is -0.356 e. The largest absolute Gasteiger partial charge is 0.356 e. The summed E-state index contributed by atoms with van der Waals surface area (Å²) in [5.41, 5.74) is 8.22. The molecular weight excluding hydrogens is 408 g/mol. The van der Waals surface area contributed by atoms with Gasteiger partial charge in [-0.25, -0.2) is 9.97 Å². The Labute approximate surface area is 188 Å². The zero-order valence-electron chi connectivity index (χ0n) is 19.0. The van der Waals surface area contributed by atoms with Crippen molar-refractivity contribution in [1.29, 1.82) is 0 Å². The fourth-order valence-electron chi connectivity index (χ4n) is 4.36. The zero-order chi connectivity index (χ0) is 23.0. The molecule has 0 saturated carbocycles. The van der Waals surface area contributed by atoms with E-state index in [0.29, 0.717) is 36.4 Å². The number of aliphatic hydroxyl groups is 1. The highest BCUT2D eigenvalue weighted by atomic mass is 16.3. The van der Waals surface area contributed by atoms with Crippen LogP contribution >= 0.6 is 0 Å². The molecule has 0 bridgehead atoms. The molecule has 2 aliphatic heterocycles. The maximum absolute atomic E-state index is 13.6. The second-order valence-electron chi connectivity index (χ2n) is 8.40. The second-order valence-corrected chi connectivity index (χ2v) is 8.40. The molecule has 10 nitrogen and oxygen atoms in total. The van der Waals surface area contributed by atoms with E-state index in [1.54, 1.807) is 18.9 Å². The van der Waals surface area contributed by atoms with Crippen molar-refractivity contribution < 1.29 is 9.90 Å². The third-order valence-corrected chi connectivity index (χ3v) is 5.85. The SMILES string of the molecule is CC#CCn1c(N2CCC[C@@H](N)C2)nc2c1C(=O)N(Cc1nc(C)cc(C)n1)C(O)N2C. The van der Waals surface area contributed by atoms with E-state index in [0.717, 1.165) is 30.8 Å². The molecular formula is C22H30N8O2. The summed E-state index contributed by atoms with van der Waals surface area (Å²) in [5.74, 6) is 7.20. The summed E-state index contributed by atoms with van der Waals surface area (Å²) < 4.78 is 1.84. The van der Waals surface area contributed by atoms with Crippen molar-refractivity contribution >= 4 is 17.7 Å². The molecule has 0 radical (unpaired) electrons. The van der Waals surface area contributed by atoms with E-state index in [1.807, 2.05) is 24.5 Å². The summed E-state index contributed by atoms with van der Waals surface area (Å²) >= 11 is 0. The number of anilines is 2. The van der Waals surface area contributed by atoms with Gasteiger partial charge in [-0.05, 0) is 39.7 Å². The van der Waals surface area contributed by atoms with Crippen molar-refractivity contribution in [2.45, 2.75) is 59.1 Å². The number of amides is 1. The smallest absolute Gasteiger partial charge is 0.278 e. The van der Waals surface area contributed by atoms with Crippen LogP contribution in [-0.4, -0.2) is 68.0 Å². The predicted molar refractivity (Wildman–Crippen MR) is 121 cm³/mol. The third kappa shape index (κ3) is 4.01. The quantitative estimate of drug-likeness (QED) is 0.667. The highest BCUT2D eigenvalue weighted by Crippen LogP contribution is 2.34. The predicted octanol–water partition coefficient (Wildman–Crippen LogP) is 0.609. The number of hydrogen-bond donors (Lipinski definition) is 2. The van der Waals surface area contributed by atoms with Gasteiger partial charge in [0.2, 0.25) is 12.3 Å². The maximum atomic E-state index is 13.6. The number of imidazole rings is 1. The molecule has 3 N–H and O–H groups in total. The molecule has 2 aromatic rings. The molecule has 0 aromatic carbocycles. The number of aryl methyl sites for hydroxylation is 2. The second kappa shape index (κ2) is 8.76. The number of piperidine rings is 1. The minimum atomic E-state index is -1.18. The lowest BCUT2D eigenvalue weighted by molar-refractivity contribution is -0.00190. The fourth-order valence-corrected chi connectivity index (χ4v) is 4.36. The van der Waals surface area contributed by atoms with Gasteiger partial charge in [0, 0.05) is 37.6 Å². The Morgan fingerprint density at radius 1 is 1.25 bits per heavy atom. The van der Waals surface area contributed by atoms with Gasteiger partial charge in [-0.2, -0.15) is 4.98 Å². The van der Waals surface area contributed by atoms with Gasteiger partial charge in [0.05, 0.1) is 13.1 Å². The van der Waals surface area contributed by atoms with Crippen LogP contribution in [0, 0.1) is 25.7 Å². The van der Waals surface area contributed by atoms with E-state index in [-0.39, 0.29) is 18.5 Å². The van der Waals surface area contributed by atoms with Gasteiger partial charge in [0.15, 0.2) is 11.5 Å². The Morgan fingerprint density at radius 2 is 1.97 bits per heavy atom. The number of nitrogens with two attached hydrogens (primary N) is 1. The Kier molecular flexibility index (Phi) is 6.04. The van der Waals surface area contributed by atoms with E-state index >= 15 is 0 Å². The molecule has 1 amide bonds. The number of aromatic nitrogens is 4. The van der Waals surface area contributed by atoms with E-state index < -0.39 is 6.35 Å². The van der Waals surface area contributed by atoms with Gasteiger partial charge in [0.1, 0.15) is 5.82 Å². The fraction of sp³-hybridized carbons (Fsp3) is 0.545. The Bertz CT molecular complexity index is 1070. The molecule has 2 aromatic heterocycles. The van der Waals surface area contributed by atoms with Crippen molar-refractivity contribution in [3.63, 3.8) is 0 Å². The highest BCUT2D eigenvalue weighted by Gasteiger charge is 2.41. The first kappa shape index (κ1) is 22.0. The van der Waals surface area contributed by atoms with Crippen molar-refractivity contribution in [3.8, 4) is 11.8 Å². The van der Waals surface area contributed by atoms with Crippen LogP contribution in [0.3, 0.4) is 0 Å². The van der Waals surface area contributed by atoms with Crippen molar-refractivity contribution in [2.24, 2.45) is 5.73 Å². The number of nitrogens with zero attached hydrogens (tertiary/aromatic N) is 7. The van der Waals surface area contributed by atoms with E-state index in [9.17, 15) is 9.90 Å². The first-order valence-corrected chi connectivity index (χ1v) is 10.8. The van der Waals surface area contributed by atoms with Gasteiger partial charge in [0.25, 0.3) is 5.91 Å². The van der Waals surface area contributed by atoms with Crippen LogP contribution in [0.5, 0.6) is 0 Å². The standard InChI is InChI=1S/C22H30N8O2/c1-5-6-10-29-18-19(26-21(29)28-9-7-8-16(23)12-28)27(4)22(32)30(20(18)31)13-17-24-14(2)11-15(3)25-17/h11,16,22,32H,7-10,12-13,23H2,1-4H3/t16-,22?/m1/s1. The summed E-state index contributed by atoms with van der Waals surface area (Å²) in [6.07, 6.45) is 0.740. The molecule has 170 valence electrons. The summed E-state index contributed by atoms with van der Waals surface area (Å²) in [4.78, 5) is 32.3. The van der Waals surface area contributed by atoms with Crippen molar-refractivity contribution in [2.75, 3.05) is 29.9 Å². The van der Waals surface area contributed by atoms with Crippen LogP contribution in [0.4, 0.5) is 11.8 Å². The lowest BCUT2D eigenvalue weighted by Crippen LogP contribution is -2.54. The number of carbonyl (C=O) groups excluding carboxylic acids is 1. The van der Waals surface area contributed by atoms with E-state index in [4.69, 9.17) is 10.7 Å². The first-order chi connectivity index (χ1) is 15.3. The van der Waals surface area contributed by atoms with Crippen LogP contribution in [0.1, 0.15) is 47.5 Å². The monoisotopic (exact) mass is 438 g/mol. The third-order valence-electron chi connectivity index (χ3n) is 5.85. The first-order valence-electron chi connectivity index (χ1n) is 10.8. The molecule has 0 aliphatic carbocycles. The van der Waals surface area contributed by atoms with Crippen LogP contribution in [0.2, 0.25) is 0 Å². The maximum Gasteiger partial charge on any atom is 0.278 e. The van der Waals surface area contributed by atoms with Crippen molar-refractivity contribution in [3.05, 3.63) is 29.0 Å². The van der Waals surface area contributed by atoms with E-state index in [2.05, 4.69) is 26.7 Å². The molecule has 4 rings (SSSR count). The van der Waals surface area contributed by atoms with Crippen LogP contribution < -0.4 is 15.5 Å². The van der Waals surface area contributed by atoms with Crippen LogP contribution in [0.15, 0.2) is 6.07 Å². The summed E-state index contributed by atoms with van der Waals surface area (Å²) in [5, 5.41) is 10.9. The van der Waals surface area contributed by atoms with Gasteiger partial charge >= 0.3 is 0 Å². The molecule has 0 spiro atoms. The Morgan fingerprint density at radius 3 is 2.62 bits per heavy atom. The summed E-state index contributed by atoms with van der Waals surface area (Å²) in [6, 6.07) is 1.93. The number of fused-ring (bicyclic) bond motifs is 1. The average Bonchev–Trinajstić information content (AvgIpc) is 3.13. The average molecular weight is 439 g/mol. The summed E-state index contributed by atoms with van der Waals surface area (Å²) in [7, 11) is 1.72. The number of carbonyl (C=O) groups is 1. The van der Waals surface area contributed by atoms with E-state index in [1.165, 1.54) is 4.90 Å². The minimum absolute atomic E-state index is 0.0559. The Hall–Kier alpha value is -3.16. The number of hydrogen-bond acceptors (Lipinski definition) is 8. The number of rotatable bonds is 4. The lowest BCUT2D eigenvalue weighted by Gasteiger charge is -2.38. The molecule has 2 atom stereocenters. The molecule has 10 heteroatoms. The molecule has 1 saturated heterocycles. The van der Waals surface area contributed by atoms with Gasteiger partial charge < -0.3 is 20.6 Å². The van der Waals surface area contributed by atoms with Crippen LogP contribution in [0.25, 0.3) is 0 Å². The molecule has 2 aliphatic rings. The van der Waals surface area contributed by atoms with Crippen molar-refractivity contribution in [1.82, 2.24) is 24.4 Å². The van der Waals surface area contributed by atoms with Crippen LogP contribution in [-0.2, 0) is 13.1 Å². The van der Waals surface area contributed by atoms with Gasteiger partial charge in [-0.1, -0.05) is 5.92 Å². The Balaban J connectivity index is 1.75. The molecule has 1 fully saturated rings. The zero-order valence-corrected chi connectivity index (χ0v) is 19.0. The normalized spacial score (nSPS) is 20.8. The number of aliphatic hydroxyl groups excluding tert-OH is 1. The molecule has 4 heterocycles. The lowest BCUT2D eigenvalue weighted by atomic mass is 10.1. The molecule has 32 heavy (non-hydrogen) atoms. The molecule has 1 unspecified atom stereocenters. The van der Waals surface area contributed by atoms with Gasteiger partial charge in [-0.15, -0.1) is 5.92 Å².